The Balaban J connectivity index is 1.83. The molecular formula is C12H12N6O2. The van der Waals surface area contributed by atoms with Gasteiger partial charge in [0, 0.05) is 13.5 Å². The average molecular weight is 272 g/mol. The van der Waals surface area contributed by atoms with E-state index in [9.17, 15) is 4.79 Å². The molecule has 0 atom stereocenters. The molecule has 1 aromatic carbocycles. The summed E-state index contributed by atoms with van der Waals surface area (Å²) in [5.41, 5.74) is 1.57. The largest absolute Gasteiger partial charge is 0.478 e. The normalized spacial score (nSPS) is 11.1. The van der Waals surface area contributed by atoms with Crippen LogP contribution >= 0.6 is 0 Å². The summed E-state index contributed by atoms with van der Waals surface area (Å²) in [6.45, 7) is 0.590. The molecule has 3 aromatic rings. The van der Waals surface area contributed by atoms with Crippen LogP contribution in [0.5, 0.6) is 0 Å². The molecule has 0 saturated heterocycles. The second kappa shape index (κ2) is 4.72. The SMILES string of the molecule is Cn1cnc(CCn2nnc3cc(C(=O)O)ccc32)n1. The van der Waals surface area contributed by atoms with E-state index in [-0.39, 0.29) is 5.56 Å². The molecule has 8 heteroatoms. The lowest BCUT2D eigenvalue weighted by atomic mass is 10.2. The molecule has 3 rings (SSSR count). The van der Waals surface area contributed by atoms with Crippen molar-refractivity contribution in [3.63, 3.8) is 0 Å². The zero-order valence-corrected chi connectivity index (χ0v) is 10.8. The van der Waals surface area contributed by atoms with Crippen LogP contribution in [-0.4, -0.2) is 40.8 Å². The van der Waals surface area contributed by atoms with E-state index < -0.39 is 5.97 Å². The highest BCUT2D eigenvalue weighted by Crippen LogP contribution is 2.13. The van der Waals surface area contributed by atoms with Crippen molar-refractivity contribution in [2.75, 3.05) is 0 Å². The summed E-state index contributed by atoms with van der Waals surface area (Å²) in [4.78, 5) is 15.0. The second-order valence-corrected chi connectivity index (χ2v) is 4.41. The fraction of sp³-hybridized carbons (Fsp3) is 0.250. The van der Waals surface area contributed by atoms with E-state index in [4.69, 9.17) is 5.11 Å². The summed E-state index contributed by atoms with van der Waals surface area (Å²) in [6.07, 6.45) is 2.29. The van der Waals surface area contributed by atoms with Crippen molar-refractivity contribution in [2.45, 2.75) is 13.0 Å². The van der Waals surface area contributed by atoms with Gasteiger partial charge in [0.1, 0.15) is 11.8 Å². The van der Waals surface area contributed by atoms with Gasteiger partial charge in [0.2, 0.25) is 0 Å². The van der Waals surface area contributed by atoms with Crippen molar-refractivity contribution >= 4 is 17.0 Å². The first kappa shape index (κ1) is 12.3. The smallest absolute Gasteiger partial charge is 0.335 e. The maximum Gasteiger partial charge on any atom is 0.335 e. The maximum atomic E-state index is 10.9. The number of benzene rings is 1. The van der Waals surface area contributed by atoms with Crippen LogP contribution < -0.4 is 0 Å². The van der Waals surface area contributed by atoms with Crippen LogP contribution in [0, 0.1) is 0 Å². The summed E-state index contributed by atoms with van der Waals surface area (Å²) in [5.74, 6) is -0.238. The van der Waals surface area contributed by atoms with E-state index in [1.807, 2.05) is 7.05 Å². The highest BCUT2D eigenvalue weighted by atomic mass is 16.4. The average Bonchev–Trinajstić information content (AvgIpc) is 3.02. The Morgan fingerprint density at radius 2 is 2.25 bits per heavy atom. The van der Waals surface area contributed by atoms with Crippen LogP contribution in [0.1, 0.15) is 16.2 Å². The van der Waals surface area contributed by atoms with Crippen LogP contribution in [0.4, 0.5) is 0 Å². The molecule has 0 bridgehead atoms. The summed E-state index contributed by atoms with van der Waals surface area (Å²) < 4.78 is 3.37. The van der Waals surface area contributed by atoms with Gasteiger partial charge in [-0.2, -0.15) is 5.10 Å². The first-order valence-electron chi connectivity index (χ1n) is 6.04. The Hall–Kier alpha value is -2.77. The van der Waals surface area contributed by atoms with Gasteiger partial charge in [0.25, 0.3) is 0 Å². The molecule has 0 fully saturated rings. The van der Waals surface area contributed by atoms with Crippen molar-refractivity contribution in [2.24, 2.45) is 7.05 Å². The molecule has 0 aliphatic carbocycles. The number of rotatable bonds is 4. The molecule has 0 aliphatic heterocycles. The number of hydrogen-bond acceptors (Lipinski definition) is 5. The van der Waals surface area contributed by atoms with Crippen molar-refractivity contribution in [1.29, 1.82) is 0 Å². The topological polar surface area (TPSA) is 98.7 Å². The summed E-state index contributed by atoms with van der Waals surface area (Å²) >= 11 is 0. The first-order valence-corrected chi connectivity index (χ1v) is 6.04. The monoisotopic (exact) mass is 272 g/mol. The molecule has 0 aliphatic rings. The third kappa shape index (κ3) is 2.22. The van der Waals surface area contributed by atoms with Crippen molar-refractivity contribution in [3.05, 3.63) is 35.9 Å². The van der Waals surface area contributed by atoms with E-state index >= 15 is 0 Å². The molecule has 2 aromatic heterocycles. The minimum absolute atomic E-state index is 0.205. The van der Waals surface area contributed by atoms with Crippen molar-refractivity contribution in [1.82, 2.24) is 29.8 Å². The van der Waals surface area contributed by atoms with Gasteiger partial charge in [-0.15, -0.1) is 5.10 Å². The van der Waals surface area contributed by atoms with Gasteiger partial charge in [0.05, 0.1) is 17.6 Å². The van der Waals surface area contributed by atoms with Crippen LogP contribution in [-0.2, 0) is 20.0 Å². The van der Waals surface area contributed by atoms with E-state index in [0.717, 1.165) is 11.3 Å². The Labute approximate surface area is 113 Å². The zero-order valence-electron chi connectivity index (χ0n) is 10.8. The third-order valence-electron chi connectivity index (χ3n) is 2.96. The Kier molecular flexibility index (Phi) is 2.90. The zero-order chi connectivity index (χ0) is 14.1. The molecule has 0 unspecified atom stereocenters. The summed E-state index contributed by atoms with van der Waals surface area (Å²) in [7, 11) is 1.81. The summed E-state index contributed by atoms with van der Waals surface area (Å²) in [6, 6.07) is 4.77. The van der Waals surface area contributed by atoms with Gasteiger partial charge in [-0.3, -0.25) is 4.68 Å². The number of aromatic carboxylic acids is 1. The first-order chi connectivity index (χ1) is 9.63. The summed E-state index contributed by atoms with van der Waals surface area (Å²) in [5, 5.41) is 21.1. The standard InChI is InChI=1S/C12H12N6O2/c1-17-7-13-11(15-17)4-5-18-10-3-2-8(12(19)20)6-9(10)14-16-18/h2-3,6-7H,4-5H2,1H3,(H,19,20). The molecule has 20 heavy (non-hydrogen) atoms. The van der Waals surface area contributed by atoms with Crippen LogP contribution in [0.2, 0.25) is 0 Å². The molecule has 2 heterocycles. The Bertz CT molecular complexity index is 775. The molecular weight excluding hydrogens is 260 g/mol. The van der Waals surface area contributed by atoms with Crippen molar-refractivity contribution < 1.29 is 9.90 Å². The number of aryl methyl sites for hydroxylation is 3. The highest BCUT2D eigenvalue weighted by Gasteiger charge is 2.09. The lowest BCUT2D eigenvalue weighted by Crippen LogP contribution is -2.05. The van der Waals surface area contributed by atoms with Crippen LogP contribution in [0.3, 0.4) is 0 Å². The third-order valence-corrected chi connectivity index (χ3v) is 2.96. The van der Waals surface area contributed by atoms with Gasteiger partial charge >= 0.3 is 5.97 Å². The van der Waals surface area contributed by atoms with E-state index in [1.165, 1.54) is 6.07 Å². The van der Waals surface area contributed by atoms with Gasteiger partial charge in [0.15, 0.2) is 5.82 Å². The number of fused-ring (bicyclic) bond motifs is 1. The van der Waals surface area contributed by atoms with Gasteiger partial charge in [-0.05, 0) is 18.2 Å². The van der Waals surface area contributed by atoms with Crippen molar-refractivity contribution in [3.8, 4) is 0 Å². The van der Waals surface area contributed by atoms with Gasteiger partial charge < -0.3 is 5.11 Å². The van der Waals surface area contributed by atoms with Gasteiger partial charge in [-0.25, -0.2) is 14.5 Å². The number of nitrogens with zero attached hydrogens (tertiary/aromatic N) is 6. The van der Waals surface area contributed by atoms with Gasteiger partial charge in [-0.1, -0.05) is 5.21 Å². The minimum Gasteiger partial charge on any atom is -0.478 e. The quantitative estimate of drug-likeness (QED) is 0.742. The van der Waals surface area contributed by atoms with E-state index in [1.54, 1.807) is 27.8 Å². The fourth-order valence-corrected chi connectivity index (χ4v) is 1.97. The lowest BCUT2D eigenvalue weighted by molar-refractivity contribution is 0.0697. The molecule has 1 N–H and O–H groups in total. The predicted octanol–water partition coefficient (Wildman–Crippen LogP) is 0.501. The van der Waals surface area contributed by atoms with E-state index in [0.29, 0.717) is 18.5 Å². The molecule has 102 valence electrons. The molecule has 0 spiro atoms. The Morgan fingerprint density at radius 1 is 1.40 bits per heavy atom. The second-order valence-electron chi connectivity index (χ2n) is 4.41. The molecule has 0 radical (unpaired) electrons. The molecule has 0 amide bonds. The number of carboxylic acids is 1. The number of aromatic nitrogens is 6. The predicted molar refractivity (Wildman–Crippen MR) is 69.2 cm³/mol. The molecule has 0 saturated carbocycles. The van der Waals surface area contributed by atoms with Crippen LogP contribution in [0.25, 0.3) is 11.0 Å². The minimum atomic E-state index is -0.973. The Morgan fingerprint density at radius 3 is 2.95 bits per heavy atom. The lowest BCUT2D eigenvalue weighted by Gasteiger charge is -2.00. The maximum absolute atomic E-state index is 10.9. The fourth-order valence-electron chi connectivity index (χ4n) is 1.97. The number of carbonyl (C=O) groups is 1. The molecule has 8 nitrogen and oxygen atoms in total. The number of hydrogen-bond donors (Lipinski definition) is 1. The highest BCUT2D eigenvalue weighted by molar-refractivity contribution is 5.92. The van der Waals surface area contributed by atoms with E-state index in [2.05, 4.69) is 20.4 Å². The number of carboxylic acid groups (broad SMARTS) is 1. The van der Waals surface area contributed by atoms with Crippen LogP contribution in [0.15, 0.2) is 24.5 Å².